The maximum Gasteiger partial charge on any atom is 0.329 e. The first kappa shape index (κ1) is 20.9. The third-order valence-corrected chi connectivity index (χ3v) is 6.97. The highest BCUT2D eigenvalue weighted by Crippen LogP contribution is 2.41. The van der Waals surface area contributed by atoms with Gasteiger partial charge in [-0.2, -0.15) is 0 Å². The largest absolute Gasteiger partial charge is 0.359 e. The molecular weight excluding hydrogens is 446 g/mol. The molecule has 2 aromatic rings. The number of benzene rings is 2. The van der Waals surface area contributed by atoms with Crippen molar-refractivity contribution in [2.45, 2.75) is 44.9 Å². The normalized spacial score (nSPS) is 28.5. The quantitative estimate of drug-likeness (QED) is 0.612. The number of anilines is 2. The lowest BCUT2D eigenvalue weighted by Crippen LogP contribution is -2.64. The summed E-state index contributed by atoms with van der Waals surface area (Å²) in [5, 5.41) is 17.8. The van der Waals surface area contributed by atoms with Gasteiger partial charge in [-0.15, -0.1) is 0 Å². The molecule has 4 atom stereocenters. The summed E-state index contributed by atoms with van der Waals surface area (Å²) in [4.78, 5) is 27.8. The Labute approximate surface area is 184 Å². The zero-order chi connectivity index (χ0) is 21.5. The SMILES string of the molecule is C[C@@H]1[C@@H](C)CCC[C@H]1NC(=O)[C@]1(O)c2cc(Br)ccc2NC(=O)N1c1ccccc1. The molecule has 0 aromatic heterocycles. The van der Waals surface area contributed by atoms with Gasteiger partial charge in [0.25, 0.3) is 11.6 Å². The van der Waals surface area contributed by atoms with Gasteiger partial charge in [-0.25, -0.2) is 4.79 Å². The van der Waals surface area contributed by atoms with Crippen LogP contribution < -0.4 is 15.5 Å². The van der Waals surface area contributed by atoms with Crippen molar-refractivity contribution in [2.75, 3.05) is 10.2 Å². The van der Waals surface area contributed by atoms with E-state index in [0.29, 0.717) is 27.3 Å². The molecule has 1 fully saturated rings. The summed E-state index contributed by atoms with van der Waals surface area (Å²) < 4.78 is 0.705. The molecule has 4 rings (SSSR count). The van der Waals surface area contributed by atoms with Crippen LogP contribution >= 0.6 is 15.9 Å². The lowest BCUT2D eigenvalue weighted by Gasteiger charge is -2.44. The van der Waals surface area contributed by atoms with Crippen molar-refractivity contribution >= 4 is 39.2 Å². The number of carbonyl (C=O) groups excluding carboxylic acids is 2. The number of halogens is 1. The molecule has 0 saturated heterocycles. The van der Waals surface area contributed by atoms with E-state index in [1.807, 2.05) is 6.07 Å². The first-order valence-corrected chi connectivity index (χ1v) is 11.1. The van der Waals surface area contributed by atoms with Crippen molar-refractivity contribution in [3.8, 4) is 0 Å². The summed E-state index contributed by atoms with van der Waals surface area (Å²) in [5.74, 6) is 0.183. The molecule has 30 heavy (non-hydrogen) atoms. The topological polar surface area (TPSA) is 81.7 Å². The van der Waals surface area contributed by atoms with Crippen LogP contribution in [-0.4, -0.2) is 23.1 Å². The molecule has 1 aliphatic heterocycles. The molecule has 2 aromatic carbocycles. The second kappa shape index (κ2) is 8.04. The van der Waals surface area contributed by atoms with Crippen LogP contribution in [0.3, 0.4) is 0 Å². The number of hydrogen-bond donors (Lipinski definition) is 3. The van der Waals surface area contributed by atoms with Gasteiger partial charge in [-0.1, -0.05) is 60.8 Å². The average molecular weight is 472 g/mol. The summed E-state index contributed by atoms with van der Waals surface area (Å²) in [6.45, 7) is 4.32. The minimum absolute atomic E-state index is 0.0523. The molecule has 0 bridgehead atoms. The van der Waals surface area contributed by atoms with Crippen LogP contribution in [0, 0.1) is 11.8 Å². The van der Waals surface area contributed by atoms with Gasteiger partial charge in [0.15, 0.2) is 0 Å². The molecule has 1 saturated carbocycles. The van der Waals surface area contributed by atoms with Crippen molar-refractivity contribution in [2.24, 2.45) is 11.8 Å². The van der Waals surface area contributed by atoms with E-state index in [4.69, 9.17) is 0 Å². The number of carbonyl (C=O) groups is 2. The lowest BCUT2D eigenvalue weighted by molar-refractivity contribution is -0.141. The van der Waals surface area contributed by atoms with Crippen LogP contribution in [0.15, 0.2) is 53.0 Å². The van der Waals surface area contributed by atoms with Crippen LogP contribution in [0.4, 0.5) is 16.2 Å². The van der Waals surface area contributed by atoms with Crippen molar-refractivity contribution in [1.29, 1.82) is 0 Å². The summed E-state index contributed by atoms with van der Waals surface area (Å²) in [6, 6.07) is 13.3. The first-order valence-electron chi connectivity index (χ1n) is 10.3. The molecular formula is C23H26BrN3O3. The molecule has 2 aliphatic rings. The molecule has 158 valence electrons. The molecule has 1 aliphatic carbocycles. The Balaban J connectivity index is 1.80. The molecule has 6 nitrogen and oxygen atoms in total. The fraction of sp³-hybridized carbons (Fsp3) is 0.391. The van der Waals surface area contributed by atoms with Crippen LogP contribution in [0.5, 0.6) is 0 Å². The second-order valence-electron chi connectivity index (χ2n) is 8.31. The number of rotatable bonds is 3. The number of urea groups is 1. The smallest absolute Gasteiger partial charge is 0.329 e. The Morgan fingerprint density at radius 1 is 1.20 bits per heavy atom. The third-order valence-electron chi connectivity index (χ3n) is 6.48. The lowest BCUT2D eigenvalue weighted by atomic mass is 9.78. The highest BCUT2D eigenvalue weighted by atomic mass is 79.9. The Morgan fingerprint density at radius 3 is 2.67 bits per heavy atom. The zero-order valence-electron chi connectivity index (χ0n) is 17.1. The summed E-state index contributed by atoms with van der Waals surface area (Å²) in [6.07, 6.45) is 3.02. The minimum atomic E-state index is -2.18. The van der Waals surface area contributed by atoms with E-state index in [-0.39, 0.29) is 12.0 Å². The Bertz CT molecular complexity index is 967. The Kier molecular flexibility index (Phi) is 5.59. The third kappa shape index (κ3) is 3.50. The number of nitrogens with zero attached hydrogens (tertiary/aromatic N) is 1. The molecule has 0 unspecified atom stereocenters. The molecule has 1 heterocycles. The van der Waals surface area contributed by atoms with E-state index in [1.54, 1.807) is 42.5 Å². The van der Waals surface area contributed by atoms with Crippen LogP contribution in [0.2, 0.25) is 0 Å². The van der Waals surface area contributed by atoms with Gasteiger partial charge in [0.05, 0.1) is 5.69 Å². The van der Waals surface area contributed by atoms with E-state index in [9.17, 15) is 14.7 Å². The summed E-state index contributed by atoms with van der Waals surface area (Å²) in [7, 11) is 0. The van der Waals surface area contributed by atoms with Gasteiger partial charge >= 0.3 is 6.03 Å². The van der Waals surface area contributed by atoms with Crippen LogP contribution in [0.25, 0.3) is 0 Å². The number of para-hydroxylation sites is 1. The fourth-order valence-corrected chi connectivity index (χ4v) is 4.87. The van der Waals surface area contributed by atoms with Gasteiger partial charge in [-0.05, 0) is 48.6 Å². The predicted molar refractivity (Wildman–Crippen MR) is 120 cm³/mol. The first-order chi connectivity index (χ1) is 14.3. The second-order valence-corrected chi connectivity index (χ2v) is 9.23. The average Bonchev–Trinajstić information content (AvgIpc) is 2.73. The predicted octanol–water partition coefficient (Wildman–Crippen LogP) is 4.59. The molecule has 3 amide bonds. The van der Waals surface area contributed by atoms with Gasteiger partial charge in [-0.3, -0.25) is 9.69 Å². The van der Waals surface area contributed by atoms with Crippen LogP contribution in [0.1, 0.15) is 38.7 Å². The molecule has 0 spiro atoms. The van der Waals surface area contributed by atoms with Crippen molar-refractivity contribution in [1.82, 2.24) is 5.32 Å². The maximum absolute atomic E-state index is 13.6. The van der Waals surface area contributed by atoms with Gasteiger partial charge < -0.3 is 15.7 Å². The van der Waals surface area contributed by atoms with Crippen molar-refractivity contribution in [3.63, 3.8) is 0 Å². The Hall–Kier alpha value is -2.38. The van der Waals surface area contributed by atoms with Gasteiger partial charge in [0.2, 0.25) is 0 Å². The van der Waals surface area contributed by atoms with E-state index in [0.717, 1.165) is 24.2 Å². The Morgan fingerprint density at radius 2 is 1.93 bits per heavy atom. The summed E-state index contributed by atoms with van der Waals surface area (Å²) >= 11 is 3.42. The number of amides is 3. The maximum atomic E-state index is 13.6. The standard InChI is InChI=1S/C23H26BrN3O3/c1-14-7-6-10-19(15(14)2)25-21(28)23(30)18-13-16(24)11-12-20(18)26-22(29)27(23)17-8-4-3-5-9-17/h3-5,8-9,11-15,19,30H,6-7,10H2,1-2H3,(H,25,28)(H,26,29)/t14-,15+,19+,23+/m0/s1. The summed E-state index contributed by atoms with van der Waals surface area (Å²) in [5.41, 5.74) is -1.00. The van der Waals surface area contributed by atoms with E-state index in [2.05, 4.69) is 40.4 Å². The van der Waals surface area contributed by atoms with E-state index >= 15 is 0 Å². The monoisotopic (exact) mass is 471 g/mol. The van der Waals surface area contributed by atoms with Crippen molar-refractivity contribution < 1.29 is 14.7 Å². The number of nitrogens with one attached hydrogen (secondary N) is 2. The van der Waals surface area contributed by atoms with Gasteiger partial charge in [0, 0.05) is 21.8 Å². The van der Waals surface area contributed by atoms with E-state index < -0.39 is 17.7 Å². The number of aliphatic hydroxyl groups is 1. The molecule has 7 heteroatoms. The fourth-order valence-electron chi connectivity index (χ4n) is 4.51. The zero-order valence-corrected chi connectivity index (χ0v) is 18.6. The number of hydrogen-bond acceptors (Lipinski definition) is 3. The highest BCUT2D eigenvalue weighted by Gasteiger charge is 2.52. The molecule has 3 N–H and O–H groups in total. The van der Waals surface area contributed by atoms with E-state index in [1.165, 1.54) is 0 Å². The number of fused-ring (bicyclic) bond motifs is 1. The molecule has 0 radical (unpaired) electrons. The minimum Gasteiger partial charge on any atom is -0.359 e. The van der Waals surface area contributed by atoms with Crippen LogP contribution in [-0.2, 0) is 10.5 Å². The van der Waals surface area contributed by atoms with Gasteiger partial charge in [0.1, 0.15) is 0 Å². The highest BCUT2D eigenvalue weighted by molar-refractivity contribution is 9.10. The van der Waals surface area contributed by atoms with Crippen molar-refractivity contribution in [3.05, 3.63) is 58.6 Å².